The van der Waals surface area contributed by atoms with Crippen LogP contribution in [0.15, 0.2) is 28.8 Å². The largest absolute Gasteiger partial charge is 0.450 e. The Morgan fingerprint density at radius 2 is 0.427 bits per heavy atom. The molecule has 45 heteroatoms. The monoisotopic (exact) mass is 1670 g/mol. The fourth-order valence-corrected chi connectivity index (χ4v) is 15.4. The molecule has 8 fully saturated rings. The van der Waals surface area contributed by atoms with E-state index in [0.29, 0.717) is 91.6 Å². The van der Waals surface area contributed by atoms with E-state index in [9.17, 15) is 88.8 Å². The standard InChI is InChI=1S/C33H57N9O12.C24H45N9O6.C15H32N6O3/c1-4-52-31(49)37-13-7-34(8-14-37)19-25(43)22-40-28(46)41(23-26(44)20-35-9-15-38(16-10-35)32(50)53-5-2)30(48)42(29(40)47)24-27(45)21-36-11-17-39(18-12-36)33(51)54-6-3;34-19(13-28-7-1-25-2-8-28)16-31-22(37)32(17-20(35)14-29-9-3-26-4-10-29)24(39)33(23(31)38)18-21(36)15-30-11-5-27-6-12-30;22-13(11-20-5-1-16-2-6-20)9-18-15(24)19-10-14(23)12-21-7-3-17-4-8-21/h25-27,43-45H,4-24H2,1-3H3;19-21,25-27,34-36H,1-18H2;13-14,16-17,22-23H,1-12H2,(H2,18,19,24). The average molecular weight is 1670 g/mol. The van der Waals surface area contributed by atoms with Crippen molar-refractivity contribution in [3.63, 3.8) is 0 Å². The molecule has 8 aliphatic heterocycles. The van der Waals surface area contributed by atoms with Crippen molar-refractivity contribution in [2.45, 2.75) is 109 Å². The molecule has 0 saturated carbocycles. The van der Waals surface area contributed by atoms with Gasteiger partial charge in [-0.05, 0) is 20.8 Å². The maximum atomic E-state index is 13.7. The Balaban J connectivity index is 0.000000236. The number of aliphatic hydroxyl groups excluding tert-OH is 8. The highest BCUT2D eigenvalue weighted by atomic mass is 16.6. The van der Waals surface area contributed by atoms with E-state index in [4.69, 9.17) is 14.2 Å². The van der Waals surface area contributed by atoms with Crippen LogP contribution in [0.2, 0.25) is 0 Å². The number of nitrogens with one attached hydrogen (secondary N) is 7. The molecule has 15 N–H and O–H groups in total. The van der Waals surface area contributed by atoms with Crippen LogP contribution in [0.4, 0.5) is 19.2 Å². The minimum absolute atomic E-state index is 0.0719. The molecule has 117 heavy (non-hydrogen) atoms. The van der Waals surface area contributed by atoms with Crippen molar-refractivity contribution in [1.82, 2.24) is 119 Å². The van der Waals surface area contributed by atoms with E-state index in [2.05, 4.69) is 61.7 Å². The first-order chi connectivity index (χ1) is 56.3. The molecule has 8 unspecified atom stereocenters. The molecule has 668 valence electrons. The topological polar surface area (TPSA) is 510 Å². The molecule has 8 aliphatic rings. The van der Waals surface area contributed by atoms with Gasteiger partial charge in [-0.25, -0.2) is 75.3 Å². The van der Waals surface area contributed by atoms with Gasteiger partial charge in [0.15, 0.2) is 0 Å². The summed E-state index contributed by atoms with van der Waals surface area (Å²) in [6.07, 6.45) is -9.11. The third-order valence-corrected chi connectivity index (χ3v) is 21.6. The van der Waals surface area contributed by atoms with E-state index in [1.807, 2.05) is 14.7 Å². The van der Waals surface area contributed by atoms with Gasteiger partial charge in [-0.15, -0.1) is 0 Å². The molecule has 0 aliphatic carbocycles. The molecule has 5 amide bonds. The first-order valence-electron chi connectivity index (χ1n) is 41.7. The number of ether oxygens (including phenoxy) is 3. The van der Waals surface area contributed by atoms with Crippen molar-refractivity contribution in [2.75, 3.05) is 295 Å². The number of β-amino-alcohol motifs (C(OH)–C–C–N with tert-alkyl or cyclic N) is 8. The lowest BCUT2D eigenvalue weighted by molar-refractivity contribution is 0.0473. The smallest absolute Gasteiger partial charge is 0.409 e. The lowest BCUT2D eigenvalue weighted by Gasteiger charge is -2.35. The predicted molar refractivity (Wildman–Crippen MR) is 430 cm³/mol. The maximum absolute atomic E-state index is 13.7. The number of urea groups is 1. The Kier molecular flexibility index (Phi) is 41.1. The third kappa shape index (κ3) is 31.9. The van der Waals surface area contributed by atoms with Crippen LogP contribution >= 0.6 is 0 Å². The highest BCUT2D eigenvalue weighted by molar-refractivity contribution is 5.73. The van der Waals surface area contributed by atoms with Crippen molar-refractivity contribution in [1.29, 1.82) is 0 Å². The Labute approximate surface area is 681 Å². The Bertz CT molecular complexity index is 3260. The van der Waals surface area contributed by atoms with Gasteiger partial charge in [-0.3, -0.25) is 39.2 Å². The Morgan fingerprint density at radius 3 is 0.598 bits per heavy atom. The molecule has 0 bridgehead atoms. The highest BCUT2D eigenvalue weighted by Crippen LogP contribution is 2.11. The summed E-state index contributed by atoms with van der Waals surface area (Å²) >= 11 is 0. The fourth-order valence-electron chi connectivity index (χ4n) is 15.4. The third-order valence-electron chi connectivity index (χ3n) is 21.6. The van der Waals surface area contributed by atoms with Crippen LogP contribution in [0.5, 0.6) is 0 Å². The van der Waals surface area contributed by atoms with Gasteiger partial charge in [0.2, 0.25) is 0 Å². The summed E-state index contributed by atoms with van der Waals surface area (Å²) in [5.41, 5.74) is -5.63. The summed E-state index contributed by atoms with van der Waals surface area (Å²) < 4.78 is 20.0. The molecule has 10 heterocycles. The number of carbonyl (C=O) groups excluding carboxylic acids is 4. The van der Waals surface area contributed by atoms with E-state index < -0.39 is 121 Å². The number of aromatic nitrogens is 6. The number of amides is 5. The second kappa shape index (κ2) is 50.3. The Hall–Kier alpha value is -6.94. The summed E-state index contributed by atoms with van der Waals surface area (Å²) in [7, 11) is 0. The van der Waals surface area contributed by atoms with Gasteiger partial charge in [0.25, 0.3) is 0 Å². The number of rotatable bonds is 35. The molecule has 0 spiro atoms. The normalized spacial score (nSPS) is 21.1. The second-order valence-corrected chi connectivity index (χ2v) is 30.9. The zero-order valence-corrected chi connectivity index (χ0v) is 68.7. The summed E-state index contributed by atoms with van der Waals surface area (Å²) in [6, 6.07) is -0.353. The summed E-state index contributed by atoms with van der Waals surface area (Å²) in [6.45, 7) is 27.7. The van der Waals surface area contributed by atoms with Crippen LogP contribution in [0.3, 0.4) is 0 Å². The lowest BCUT2D eigenvalue weighted by atomic mass is 10.2. The first kappa shape index (κ1) is 95.5. The molecule has 8 atom stereocenters. The quantitative estimate of drug-likeness (QED) is 0.0285. The summed E-state index contributed by atoms with van der Waals surface area (Å²) in [5, 5.41) is 107. The van der Waals surface area contributed by atoms with Crippen LogP contribution in [0, 0.1) is 0 Å². The van der Waals surface area contributed by atoms with Crippen LogP contribution < -0.4 is 71.4 Å². The number of carbonyl (C=O) groups is 4. The van der Waals surface area contributed by atoms with Gasteiger partial charge in [-0.1, -0.05) is 0 Å². The lowest BCUT2D eigenvalue weighted by Crippen LogP contribution is -2.59. The molecular formula is C72H134N24O21. The van der Waals surface area contributed by atoms with Gasteiger partial charge in [0.05, 0.1) is 108 Å². The predicted octanol–water partition coefficient (Wildman–Crippen LogP) is -12.6. The van der Waals surface area contributed by atoms with Crippen molar-refractivity contribution >= 4 is 24.3 Å². The van der Waals surface area contributed by atoms with Crippen LogP contribution in [0.1, 0.15) is 20.8 Å². The van der Waals surface area contributed by atoms with E-state index in [1.54, 1.807) is 35.5 Å². The van der Waals surface area contributed by atoms with Crippen LogP contribution in [-0.4, -0.2) is 490 Å². The second-order valence-electron chi connectivity index (χ2n) is 30.9. The van der Waals surface area contributed by atoms with E-state index in [1.165, 1.54) is 0 Å². The number of piperazine rings is 8. The first-order valence-corrected chi connectivity index (χ1v) is 41.7. The number of aliphatic hydroxyl groups is 8. The van der Waals surface area contributed by atoms with Crippen molar-refractivity contribution in [3.05, 3.63) is 62.9 Å². The Morgan fingerprint density at radius 1 is 0.265 bits per heavy atom. The molecule has 8 saturated heterocycles. The minimum Gasteiger partial charge on any atom is -0.450 e. The zero-order chi connectivity index (χ0) is 84.3. The molecule has 2 aromatic rings. The van der Waals surface area contributed by atoms with E-state index in [0.717, 1.165) is 158 Å². The van der Waals surface area contributed by atoms with Crippen LogP contribution in [-0.2, 0) is 53.5 Å². The molecule has 10 rings (SSSR count). The number of hydrogen-bond donors (Lipinski definition) is 15. The van der Waals surface area contributed by atoms with E-state index in [-0.39, 0.29) is 97.8 Å². The van der Waals surface area contributed by atoms with Gasteiger partial charge in [0, 0.05) is 275 Å². The van der Waals surface area contributed by atoms with Crippen molar-refractivity contribution in [2.24, 2.45) is 0 Å². The molecular weight excluding hydrogens is 1540 g/mol. The summed E-state index contributed by atoms with van der Waals surface area (Å²) in [5.74, 6) is 0. The minimum atomic E-state index is -1.22. The molecule has 45 nitrogen and oxygen atoms in total. The van der Waals surface area contributed by atoms with Gasteiger partial charge >= 0.3 is 58.4 Å². The van der Waals surface area contributed by atoms with E-state index >= 15 is 0 Å². The molecule has 0 radical (unpaired) electrons. The SMILES string of the molecule is CCOC(=O)N1CCN(CC(O)Cn2c(=O)n(CC(O)CN3CCN(C(=O)OCC)CC3)c(=O)n(CC(O)CN3CCN(C(=O)OCC)CC3)c2=O)CC1.O=C(NCC(O)CN1CCNCC1)NCC(O)CN1CCNCC1.O=c1n(CC(O)CN2CCNCC2)c(=O)n(CC(O)CN2CCNCC2)c(=O)n1CC(O)CN1CCNCC1. The number of nitrogens with zero attached hydrogens (tertiary/aromatic N) is 17. The number of hydrogen-bond acceptors (Lipinski definition) is 34. The molecule has 0 aromatic carbocycles. The zero-order valence-electron chi connectivity index (χ0n) is 68.7. The van der Waals surface area contributed by atoms with Crippen LogP contribution in [0.25, 0.3) is 0 Å². The van der Waals surface area contributed by atoms with Crippen molar-refractivity contribution < 1.29 is 74.2 Å². The fraction of sp³-hybridized carbons (Fsp3) is 0.861. The highest BCUT2D eigenvalue weighted by Gasteiger charge is 2.32. The average Bonchev–Trinajstić information content (AvgIpc) is 0.781. The van der Waals surface area contributed by atoms with Crippen molar-refractivity contribution in [3.8, 4) is 0 Å². The van der Waals surface area contributed by atoms with Gasteiger partial charge < -0.3 is 107 Å². The molecule has 2 aromatic heterocycles. The maximum Gasteiger partial charge on any atom is 0.409 e. The van der Waals surface area contributed by atoms with Gasteiger partial charge in [0.1, 0.15) is 0 Å². The summed E-state index contributed by atoms with van der Waals surface area (Å²) in [4.78, 5) is 150. The van der Waals surface area contributed by atoms with Gasteiger partial charge in [-0.2, -0.15) is 0 Å².